The normalized spacial score (nSPS) is 12.7. The van der Waals surface area contributed by atoms with Gasteiger partial charge >= 0.3 is 23.7 Å². The molecular formula is C45H79N4O9P. The number of anilines is 1. The molecule has 59 heavy (non-hydrogen) atoms. The van der Waals surface area contributed by atoms with Crippen LogP contribution in [0.3, 0.4) is 0 Å². The van der Waals surface area contributed by atoms with E-state index in [1.165, 1.54) is 140 Å². The molecule has 0 spiro atoms. The van der Waals surface area contributed by atoms with E-state index >= 15 is 0 Å². The van der Waals surface area contributed by atoms with Crippen molar-refractivity contribution in [2.24, 2.45) is 0 Å². The minimum Gasteiger partial charge on any atom is -0.756 e. The van der Waals surface area contributed by atoms with Gasteiger partial charge in [0.15, 0.2) is 11.1 Å². The molecule has 2 atom stereocenters. The summed E-state index contributed by atoms with van der Waals surface area (Å²) in [6.07, 6.45) is 30.2. The van der Waals surface area contributed by atoms with E-state index in [9.17, 15) is 23.8 Å². The van der Waals surface area contributed by atoms with Crippen LogP contribution < -0.4 is 15.1 Å². The average molecular weight is 851 g/mol. The number of rotatable bonds is 39. The summed E-state index contributed by atoms with van der Waals surface area (Å²) in [6, 6.07) is 5.72. The number of nitrogens with one attached hydrogen (secondary N) is 1. The first-order valence-electron chi connectivity index (χ1n) is 23.0. The van der Waals surface area contributed by atoms with Crippen molar-refractivity contribution in [1.82, 2.24) is 5.32 Å². The minimum absolute atomic E-state index is 0.142. The number of urea groups is 1. The molecule has 0 saturated carbocycles. The number of hydrogen-bond donors (Lipinski definition) is 1. The summed E-state index contributed by atoms with van der Waals surface area (Å²) in [5, 5.41) is 11.4. The zero-order valence-corrected chi connectivity index (χ0v) is 37.9. The van der Waals surface area contributed by atoms with Crippen LogP contribution in [0, 0.1) is 5.39 Å². The van der Waals surface area contributed by atoms with E-state index in [-0.39, 0.29) is 26.0 Å². The second kappa shape index (κ2) is 36.8. The van der Waals surface area contributed by atoms with E-state index in [2.05, 4.69) is 24.1 Å². The third kappa shape index (κ3) is 31.5. The highest BCUT2D eigenvalue weighted by Crippen LogP contribution is 2.38. The summed E-state index contributed by atoms with van der Waals surface area (Å²) in [5.41, 5.74) is 0.852. The monoisotopic (exact) mass is 851 g/mol. The fraction of sp³-hybridized carbons (Fsp3) is 0.800. The molecule has 1 unspecified atom stereocenters. The van der Waals surface area contributed by atoms with Crippen LogP contribution in [0.25, 0.3) is 4.98 Å². The van der Waals surface area contributed by atoms with E-state index in [0.29, 0.717) is 24.2 Å². The van der Waals surface area contributed by atoms with E-state index in [4.69, 9.17) is 23.9 Å². The maximum atomic E-state index is 12.7. The fourth-order valence-corrected chi connectivity index (χ4v) is 7.44. The van der Waals surface area contributed by atoms with E-state index in [1.807, 2.05) is 0 Å². The number of amides is 2. The van der Waals surface area contributed by atoms with Gasteiger partial charge in [-0.3, -0.25) is 19.1 Å². The summed E-state index contributed by atoms with van der Waals surface area (Å²) in [7, 11) is -3.34. The first-order valence-corrected chi connectivity index (χ1v) is 24.5. The topological polar surface area (TPSA) is 172 Å². The van der Waals surface area contributed by atoms with Crippen LogP contribution in [-0.4, -0.2) is 57.5 Å². The molecule has 1 rings (SSSR count). The van der Waals surface area contributed by atoms with Gasteiger partial charge in [0, 0.05) is 44.3 Å². The lowest BCUT2D eigenvalue weighted by Gasteiger charge is -2.26. The highest BCUT2D eigenvalue weighted by Gasteiger charge is 2.21. The van der Waals surface area contributed by atoms with Crippen LogP contribution >= 0.6 is 7.82 Å². The number of carbonyl (C=O) groups is 3. The first kappa shape index (κ1) is 54.0. The first-order chi connectivity index (χ1) is 28.6. The molecule has 0 fully saturated rings. The number of phosphoric ester groups is 1. The minimum atomic E-state index is -4.86. The van der Waals surface area contributed by atoms with Gasteiger partial charge in [0.1, 0.15) is 6.61 Å². The number of benzene rings is 1. The van der Waals surface area contributed by atoms with E-state index < -0.39 is 45.1 Å². The van der Waals surface area contributed by atoms with Gasteiger partial charge in [-0.15, -0.1) is 0 Å². The van der Waals surface area contributed by atoms with Gasteiger partial charge in [-0.05, 0) is 25.0 Å². The van der Waals surface area contributed by atoms with Crippen molar-refractivity contribution < 1.29 is 42.4 Å². The van der Waals surface area contributed by atoms with Crippen molar-refractivity contribution in [1.29, 1.82) is 5.39 Å². The van der Waals surface area contributed by atoms with Gasteiger partial charge in [0.2, 0.25) is 5.39 Å². The van der Waals surface area contributed by atoms with Crippen molar-refractivity contribution in [2.45, 2.75) is 200 Å². The summed E-state index contributed by atoms with van der Waals surface area (Å²) >= 11 is 0. The predicted molar refractivity (Wildman–Crippen MR) is 234 cm³/mol. The molecule has 0 bridgehead atoms. The summed E-state index contributed by atoms with van der Waals surface area (Å²) in [4.78, 5) is 54.7. The lowest BCUT2D eigenvalue weighted by atomic mass is 10.0. The smallest absolute Gasteiger partial charge is 0.385 e. The number of nitrogens with zero attached hydrogens (tertiary/aromatic N) is 3. The van der Waals surface area contributed by atoms with Gasteiger partial charge < -0.3 is 28.7 Å². The molecule has 1 aromatic rings. The van der Waals surface area contributed by atoms with Gasteiger partial charge in [-0.25, -0.2) is 4.79 Å². The van der Waals surface area contributed by atoms with Crippen LogP contribution in [0.5, 0.6) is 0 Å². The lowest BCUT2D eigenvalue weighted by Crippen LogP contribution is -2.39. The quantitative estimate of drug-likeness (QED) is 0.0291. The van der Waals surface area contributed by atoms with Crippen molar-refractivity contribution in [2.75, 3.05) is 38.3 Å². The Hall–Kier alpha value is -3.04. The SMILES string of the molecule is CCCCCCCCCCCCCCCC(=O)OC[C@H](COP(=O)([O-])OCCNC(=O)N(C)c1ccc([N+]#N)cc1)OC(=O)CCCCCCCCCCCCCCC. The molecule has 0 radical (unpaired) electrons. The number of unbranched alkanes of at least 4 members (excludes halogenated alkanes) is 24. The molecular weight excluding hydrogens is 771 g/mol. The maximum absolute atomic E-state index is 12.7. The predicted octanol–water partition coefficient (Wildman–Crippen LogP) is 12.2. The molecule has 14 heteroatoms. The largest absolute Gasteiger partial charge is 0.756 e. The van der Waals surface area contributed by atoms with Gasteiger partial charge in [0.05, 0.1) is 13.2 Å². The van der Waals surface area contributed by atoms with Crippen molar-refractivity contribution >= 4 is 37.2 Å². The lowest BCUT2D eigenvalue weighted by molar-refractivity contribution is -0.228. The molecule has 0 aliphatic rings. The van der Waals surface area contributed by atoms with E-state index in [0.717, 1.165) is 38.5 Å². The second-order valence-corrected chi connectivity index (χ2v) is 17.2. The Morgan fingerprint density at radius 1 is 0.661 bits per heavy atom. The third-order valence-corrected chi connectivity index (χ3v) is 11.4. The van der Waals surface area contributed by atoms with Crippen LogP contribution in [-0.2, 0) is 32.7 Å². The number of esters is 2. The summed E-state index contributed by atoms with van der Waals surface area (Å²) < 4.78 is 33.4. The molecule has 0 aromatic heterocycles. The van der Waals surface area contributed by atoms with Crippen LogP contribution in [0.2, 0.25) is 0 Å². The molecule has 0 aliphatic heterocycles. The Bertz CT molecular complexity index is 1310. The Balaban J connectivity index is 2.44. The van der Waals surface area contributed by atoms with Gasteiger partial charge in [-0.1, -0.05) is 168 Å². The van der Waals surface area contributed by atoms with Gasteiger partial charge in [-0.2, -0.15) is 0 Å². The summed E-state index contributed by atoms with van der Waals surface area (Å²) in [6.45, 7) is 3.01. The van der Waals surface area contributed by atoms with Crippen molar-refractivity contribution in [3.8, 4) is 0 Å². The van der Waals surface area contributed by atoms with Crippen LogP contribution in [0.1, 0.15) is 194 Å². The zero-order valence-electron chi connectivity index (χ0n) is 37.0. The highest BCUT2D eigenvalue weighted by atomic mass is 31.2. The maximum Gasteiger partial charge on any atom is 0.385 e. The molecule has 1 aromatic carbocycles. The molecule has 2 amide bonds. The Labute approximate surface area is 356 Å². The number of phosphoric acid groups is 1. The fourth-order valence-electron chi connectivity index (χ4n) is 6.70. The van der Waals surface area contributed by atoms with Gasteiger partial charge in [0.25, 0.3) is 7.82 Å². The Morgan fingerprint density at radius 3 is 1.53 bits per heavy atom. The number of ether oxygens (including phenoxy) is 2. The number of diazo groups is 1. The molecule has 338 valence electrons. The van der Waals surface area contributed by atoms with Crippen molar-refractivity contribution in [3.63, 3.8) is 0 Å². The molecule has 13 nitrogen and oxygen atoms in total. The average Bonchev–Trinajstić information content (AvgIpc) is 3.23. The highest BCUT2D eigenvalue weighted by molar-refractivity contribution is 7.45. The standard InChI is InChI=1S/C45H79N4O9P/c1-4-6-8-10-12-14-16-18-20-22-24-26-28-30-43(50)55-38-42(58-44(51)31-29-27-25-23-21-19-17-15-13-11-9-7-5-2)39-57-59(53,54)56-37-36-47-45(52)49(3)41-34-32-40(48-46)33-35-41/h32-35,42H,4-31,36-39H2,1-3H3,(H-,47,52,53,54)/t42-/m1/s1. The third-order valence-electron chi connectivity index (χ3n) is 10.4. The summed E-state index contributed by atoms with van der Waals surface area (Å²) in [5.74, 6) is -0.949. The zero-order chi connectivity index (χ0) is 43.2. The molecule has 1 N–H and O–H groups in total. The van der Waals surface area contributed by atoms with Crippen LogP contribution in [0.15, 0.2) is 24.3 Å². The number of carbonyl (C=O) groups excluding carboxylic acids is 3. The number of hydrogen-bond acceptors (Lipinski definition) is 10. The Kier molecular flexibility index (Phi) is 33.7. The van der Waals surface area contributed by atoms with Crippen molar-refractivity contribution in [3.05, 3.63) is 29.2 Å². The van der Waals surface area contributed by atoms with Crippen LogP contribution in [0.4, 0.5) is 16.2 Å². The molecule has 0 aliphatic carbocycles. The Morgan fingerprint density at radius 2 is 1.08 bits per heavy atom. The molecule has 0 saturated heterocycles. The second-order valence-electron chi connectivity index (χ2n) is 15.8. The molecule has 0 heterocycles. The van der Waals surface area contributed by atoms with E-state index in [1.54, 1.807) is 12.1 Å².